The molecule has 0 rings (SSSR count). The van der Waals surface area contributed by atoms with Crippen LogP contribution >= 0.6 is 0 Å². The van der Waals surface area contributed by atoms with Gasteiger partial charge in [-0.1, -0.05) is 155 Å². The first-order valence-electron chi connectivity index (χ1n) is 21.2. The van der Waals surface area contributed by atoms with E-state index in [9.17, 15) is 19.8 Å². The Bertz CT molecular complexity index is 726. The number of likely N-dealkylation sites (N-methyl/N-ethyl adjacent to an activating group) is 2. The predicted octanol–water partition coefficient (Wildman–Crippen LogP) is 9.13. The first kappa shape index (κ1) is 48.8. The Kier molecular flexibility index (Phi) is 31.6. The summed E-state index contributed by atoms with van der Waals surface area (Å²) in [6.07, 6.45) is 29.1. The largest absolute Gasteiger partial charge is 0.452 e. The van der Waals surface area contributed by atoms with Crippen LogP contribution in [0.1, 0.15) is 181 Å². The van der Waals surface area contributed by atoms with Gasteiger partial charge in [-0.2, -0.15) is 0 Å². The molecule has 0 saturated heterocycles. The van der Waals surface area contributed by atoms with Crippen molar-refractivity contribution >= 4 is 11.9 Å². The summed E-state index contributed by atoms with van der Waals surface area (Å²) in [7, 11) is 8.01. The summed E-state index contributed by atoms with van der Waals surface area (Å²) in [6, 6.07) is 0. The number of aliphatic hydroxyl groups is 2. The highest BCUT2D eigenvalue weighted by Gasteiger charge is 2.38. The fraction of sp³-hybridized carbons (Fsp3) is 0.952. The highest BCUT2D eigenvalue weighted by Crippen LogP contribution is 2.19. The Labute approximate surface area is 310 Å². The maximum absolute atomic E-state index is 13.2. The molecule has 0 amide bonds. The third kappa shape index (κ3) is 30.4. The summed E-state index contributed by atoms with van der Waals surface area (Å²) in [5.74, 6) is -0.499. The van der Waals surface area contributed by atoms with E-state index in [4.69, 9.17) is 9.47 Å². The van der Waals surface area contributed by atoms with E-state index in [1.807, 2.05) is 28.2 Å². The molecule has 0 aromatic carbocycles. The van der Waals surface area contributed by atoms with Crippen molar-refractivity contribution in [1.82, 2.24) is 0 Å². The fourth-order valence-corrected chi connectivity index (χ4v) is 6.84. The number of carbonyl (C=O) groups excluding carboxylic acids is 2. The van der Waals surface area contributed by atoms with Crippen LogP contribution in [0, 0.1) is 0 Å². The summed E-state index contributed by atoms with van der Waals surface area (Å²) in [6.45, 7) is 6.41. The Morgan fingerprint density at radius 2 is 0.680 bits per heavy atom. The molecule has 0 fully saturated rings. The molecule has 0 aliphatic heterocycles. The molecule has 8 nitrogen and oxygen atoms in total. The molecule has 8 heteroatoms. The molecule has 0 aromatic rings. The van der Waals surface area contributed by atoms with Gasteiger partial charge in [0, 0.05) is 12.8 Å². The number of quaternary nitrogens is 2. The number of ether oxygens (including phenoxy) is 2. The number of carbonyl (C=O) groups is 2. The standard InChI is InChI=1S/C42H86N2O6/c1-7-9-11-13-15-17-19-21-23-25-27-29-31-41(47)49-39(37-43(3,4)33-35-45)40(38-44(5,6)34-36-46)50-42(48)32-30-28-26-24-22-20-18-16-14-12-10-8-2/h39-40,45-46H,7-38H2,1-6H3/q+2. The molecule has 0 aliphatic rings. The van der Waals surface area contributed by atoms with E-state index in [0.717, 1.165) is 38.5 Å². The zero-order valence-corrected chi connectivity index (χ0v) is 34.2. The molecule has 0 bridgehead atoms. The summed E-state index contributed by atoms with van der Waals surface area (Å²) < 4.78 is 13.2. The number of hydrogen-bond acceptors (Lipinski definition) is 6. The van der Waals surface area contributed by atoms with Gasteiger partial charge in [-0.25, -0.2) is 0 Å². The van der Waals surface area contributed by atoms with E-state index in [2.05, 4.69) is 13.8 Å². The second-order valence-corrected chi connectivity index (χ2v) is 16.5. The van der Waals surface area contributed by atoms with Crippen molar-refractivity contribution in [2.45, 2.75) is 193 Å². The normalized spacial score (nSPS) is 13.4. The quantitative estimate of drug-likeness (QED) is 0.0379. The van der Waals surface area contributed by atoms with Crippen molar-refractivity contribution < 1.29 is 38.2 Å². The Morgan fingerprint density at radius 1 is 0.440 bits per heavy atom. The van der Waals surface area contributed by atoms with Crippen LogP contribution in [-0.4, -0.2) is 111 Å². The average Bonchev–Trinajstić information content (AvgIpc) is 3.05. The predicted molar refractivity (Wildman–Crippen MR) is 209 cm³/mol. The Balaban J connectivity index is 4.97. The summed E-state index contributed by atoms with van der Waals surface area (Å²) >= 11 is 0. The number of esters is 2. The molecule has 0 aliphatic carbocycles. The molecule has 2 N–H and O–H groups in total. The van der Waals surface area contributed by atoms with Crippen molar-refractivity contribution in [2.24, 2.45) is 0 Å². The lowest BCUT2D eigenvalue weighted by Gasteiger charge is -2.38. The Morgan fingerprint density at radius 3 is 0.920 bits per heavy atom. The monoisotopic (exact) mass is 715 g/mol. The van der Waals surface area contributed by atoms with E-state index in [1.54, 1.807) is 0 Å². The minimum Gasteiger partial charge on any atom is -0.452 e. The molecule has 0 spiro atoms. The van der Waals surface area contributed by atoms with Crippen LogP contribution in [0.2, 0.25) is 0 Å². The second-order valence-electron chi connectivity index (χ2n) is 16.5. The molecule has 2 atom stereocenters. The summed E-state index contributed by atoms with van der Waals surface area (Å²) in [4.78, 5) is 26.4. The summed E-state index contributed by atoms with van der Waals surface area (Å²) in [5.41, 5.74) is 0. The lowest BCUT2D eigenvalue weighted by atomic mass is 10.0. The Hall–Kier alpha value is -1.22. The van der Waals surface area contributed by atoms with Crippen molar-refractivity contribution in [2.75, 3.05) is 67.6 Å². The van der Waals surface area contributed by atoms with Crippen LogP contribution in [0.3, 0.4) is 0 Å². The van der Waals surface area contributed by atoms with E-state index < -0.39 is 12.2 Å². The molecule has 0 radical (unpaired) electrons. The van der Waals surface area contributed by atoms with E-state index >= 15 is 0 Å². The SMILES string of the molecule is CCCCCCCCCCCCCCC(=O)OC(C[N+](C)(C)CCO)C(C[N+](C)(C)CCO)OC(=O)CCCCCCCCCCCCCC. The lowest BCUT2D eigenvalue weighted by molar-refractivity contribution is -0.901. The second kappa shape index (κ2) is 32.4. The van der Waals surface area contributed by atoms with Crippen LogP contribution < -0.4 is 0 Å². The van der Waals surface area contributed by atoms with Gasteiger partial charge in [0.05, 0.1) is 41.4 Å². The summed E-state index contributed by atoms with van der Waals surface area (Å²) in [5, 5.41) is 19.4. The van der Waals surface area contributed by atoms with Gasteiger partial charge in [-0.15, -0.1) is 0 Å². The average molecular weight is 715 g/mol. The molecule has 2 unspecified atom stereocenters. The van der Waals surface area contributed by atoms with Gasteiger partial charge >= 0.3 is 11.9 Å². The van der Waals surface area contributed by atoms with Gasteiger partial charge in [0.25, 0.3) is 0 Å². The molecule has 0 heterocycles. The van der Waals surface area contributed by atoms with E-state index in [1.165, 1.54) is 116 Å². The van der Waals surface area contributed by atoms with Gasteiger partial charge in [-0.3, -0.25) is 9.59 Å². The number of hydrogen-bond donors (Lipinski definition) is 2. The van der Waals surface area contributed by atoms with E-state index in [0.29, 0.717) is 48.0 Å². The third-order valence-electron chi connectivity index (χ3n) is 10.2. The number of rotatable bonds is 37. The number of aliphatic hydroxyl groups excluding tert-OH is 2. The number of nitrogens with zero attached hydrogens (tertiary/aromatic N) is 2. The van der Waals surface area contributed by atoms with Crippen LogP contribution in [0.25, 0.3) is 0 Å². The first-order valence-corrected chi connectivity index (χ1v) is 21.2. The van der Waals surface area contributed by atoms with Crippen LogP contribution in [-0.2, 0) is 19.1 Å². The highest BCUT2D eigenvalue weighted by molar-refractivity contribution is 5.70. The smallest absolute Gasteiger partial charge is 0.306 e. The van der Waals surface area contributed by atoms with Gasteiger partial charge in [0.1, 0.15) is 26.2 Å². The highest BCUT2D eigenvalue weighted by atomic mass is 16.6. The topological polar surface area (TPSA) is 93.1 Å². The zero-order chi connectivity index (χ0) is 37.4. The molecular weight excluding hydrogens is 628 g/mol. The molecule has 0 saturated carbocycles. The maximum atomic E-state index is 13.2. The van der Waals surface area contributed by atoms with Gasteiger partial charge < -0.3 is 28.7 Å². The zero-order valence-electron chi connectivity index (χ0n) is 34.2. The van der Waals surface area contributed by atoms with Crippen LogP contribution in [0.5, 0.6) is 0 Å². The molecule has 0 aromatic heterocycles. The third-order valence-corrected chi connectivity index (χ3v) is 10.2. The fourth-order valence-electron chi connectivity index (χ4n) is 6.84. The van der Waals surface area contributed by atoms with Gasteiger partial charge in [0.15, 0.2) is 12.2 Å². The molecule has 298 valence electrons. The van der Waals surface area contributed by atoms with Crippen molar-refractivity contribution in [3.05, 3.63) is 0 Å². The maximum Gasteiger partial charge on any atom is 0.306 e. The minimum atomic E-state index is -0.636. The molecular formula is C42H86N2O6+2. The minimum absolute atomic E-state index is 0.0159. The van der Waals surface area contributed by atoms with Gasteiger partial charge in [0.2, 0.25) is 0 Å². The van der Waals surface area contributed by atoms with Crippen LogP contribution in [0.15, 0.2) is 0 Å². The van der Waals surface area contributed by atoms with Crippen molar-refractivity contribution in [1.29, 1.82) is 0 Å². The van der Waals surface area contributed by atoms with Crippen LogP contribution in [0.4, 0.5) is 0 Å². The lowest BCUT2D eigenvalue weighted by Crippen LogP contribution is -2.57. The van der Waals surface area contributed by atoms with Gasteiger partial charge in [-0.05, 0) is 12.8 Å². The molecule has 50 heavy (non-hydrogen) atoms. The van der Waals surface area contributed by atoms with E-state index in [-0.39, 0.29) is 25.2 Å². The first-order chi connectivity index (χ1) is 24.0. The number of unbranched alkanes of at least 4 members (excludes halogenated alkanes) is 22. The van der Waals surface area contributed by atoms with Crippen molar-refractivity contribution in [3.63, 3.8) is 0 Å². The van der Waals surface area contributed by atoms with Crippen molar-refractivity contribution in [3.8, 4) is 0 Å².